The van der Waals surface area contributed by atoms with Crippen LogP contribution in [0.5, 0.6) is 11.5 Å². The zero-order valence-electron chi connectivity index (χ0n) is 13.3. The van der Waals surface area contributed by atoms with Gasteiger partial charge in [0.05, 0.1) is 19.9 Å². The largest absolute Gasteiger partial charge is 0.497 e. The number of guanidine groups is 1. The number of nitrogens with one attached hydrogen (secondary N) is 1. The van der Waals surface area contributed by atoms with Crippen LogP contribution in [0.25, 0.3) is 0 Å². The Morgan fingerprint density at radius 2 is 2.14 bits per heavy atom. The van der Waals surface area contributed by atoms with Crippen LogP contribution in [-0.4, -0.2) is 39.9 Å². The minimum atomic E-state index is 0.355. The van der Waals surface area contributed by atoms with Crippen molar-refractivity contribution in [2.75, 3.05) is 39.3 Å². The molecule has 0 atom stereocenters. The highest BCUT2D eigenvalue weighted by Crippen LogP contribution is 2.29. The molecule has 0 unspecified atom stereocenters. The standard InChI is InChI=1S/C16H25N3O3/c1-20-13-6-7-15(21-2)14(10-13)19-16(17)18-8-3-9-22-11-12-4-5-12/h6-7,10,12H,3-5,8-9,11H2,1-2H3,(H3,17,18,19). The molecule has 0 bridgehead atoms. The van der Waals surface area contributed by atoms with Crippen molar-refractivity contribution in [1.82, 2.24) is 0 Å². The van der Waals surface area contributed by atoms with Crippen LogP contribution in [0.3, 0.4) is 0 Å². The Morgan fingerprint density at radius 1 is 1.32 bits per heavy atom. The molecule has 1 aliphatic rings. The van der Waals surface area contributed by atoms with E-state index in [2.05, 4.69) is 10.3 Å². The van der Waals surface area contributed by atoms with Gasteiger partial charge in [0, 0.05) is 25.8 Å². The van der Waals surface area contributed by atoms with Gasteiger partial charge in [0.2, 0.25) is 0 Å². The second-order valence-corrected chi connectivity index (χ2v) is 5.33. The van der Waals surface area contributed by atoms with E-state index in [-0.39, 0.29) is 0 Å². The van der Waals surface area contributed by atoms with E-state index >= 15 is 0 Å². The van der Waals surface area contributed by atoms with Gasteiger partial charge < -0.3 is 25.3 Å². The molecule has 0 radical (unpaired) electrons. The molecule has 0 aromatic heterocycles. The van der Waals surface area contributed by atoms with Gasteiger partial charge >= 0.3 is 0 Å². The van der Waals surface area contributed by atoms with Crippen molar-refractivity contribution in [3.8, 4) is 11.5 Å². The predicted octanol–water partition coefficient (Wildman–Crippen LogP) is 2.25. The van der Waals surface area contributed by atoms with Crippen LogP contribution in [0.1, 0.15) is 19.3 Å². The number of hydrogen-bond acceptors (Lipinski definition) is 4. The highest BCUT2D eigenvalue weighted by atomic mass is 16.5. The summed E-state index contributed by atoms with van der Waals surface area (Å²) in [6.07, 6.45) is 3.50. The van der Waals surface area contributed by atoms with Gasteiger partial charge in [-0.3, -0.25) is 4.99 Å². The Kier molecular flexibility index (Phi) is 6.33. The first-order chi connectivity index (χ1) is 10.7. The Bertz CT molecular complexity index is 501. The SMILES string of the molecule is COc1ccc(OC)c(NC(N)=NCCCOCC2CC2)c1. The molecule has 1 aliphatic carbocycles. The van der Waals surface area contributed by atoms with E-state index in [0.717, 1.165) is 37.0 Å². The summed E-state index contributed by atoms with van der Waals surface area (Å²) in [4.78, 5) is 4.29. The van der Waals surface area contributed by atoms with Crippen molar-refractivity contribution in [2.24, 2.45) is 16.6 Å². The first kappa shape index (κ1) is 16.4. The fraction of sp³-hybridized carbons (Fsp3) is 0.562. The lowest BCUT2D eigenvalue weighted by Gasteiger charge is -2.12. The molecule has 1 aromatic carbocycles. The maximum Gasteiger partial charge on any atom is 0.193 e. The molecule has 1 saturated carbocycles. The van der Waals surface area contributed by atoms with E-state index in [1.54, 1.807) is 14.2 Å². The molecule has 3 N–H and O–H groups in total. The number of aliphatic imine (C=N–C) groups is 1. The quantitative estimate of drug-likeness (QED) is 0.415. The Hall–Kier alpha value is -1.95. The molecule has 0 heterocycles. The molecule has 0 aliphatic heterocycles. The monoisotopic (exact) mass is 307 g/mol. The first-order valence-corrected chi connectivity index (χ1v) is 7.59. The fourth-order valence-electron chi connectivity index (χ4n) is 1.99. The molecule has 6 nitrogen and oxygen atoms in total. The molecule has 2 rings (SSSR count). The molecule has 122 valence electrons. The maximum atomic E-state index is 5.90. The van der Waals surface area contributed by atoms with Gasteiger partial charge in [-0.1, -0.05) is 0 Å². The van der Waals surface area contributed by atoms with E-state index in [4.69, 9.17) is 19.9 Å². The molecule has 1 aromatic rings. The van der Waals surface area contributed by atoms with Crippen molar-refractivity contribution in [2.45, 2.75) is 19.3 Å². The number of nitrogens with zero attached hydrogens (tertiary/aromatic N) is 1. The minimum Gasteiger partial charge on any atom is -0.497 e. The molecule has 0 amide bonds. The lowest BCUT2D eigenvalue weighted by atomic mass is 10.2. The first-order valence-electron chi connectivity index (χ1n) is 7.59. The van der Waals surface area contributed by atoms with E-state index in [0.29, 0.717) is 18.3 Å². The zero-order valence-corrected chi connectivity index (χ0v) is 13.3. The number of anilines is 1. The van der Waals surface area contributed by atoms with E-state index in [1.807, 2.05) is 18.2 Å². The molecular formula is C16H25N3O3. The van der Waals surface area contributed by atoms with Crippen LogP contribution >= 0.6 is 0 Å². The van der Waals surface area contributed by atoms with Crippen molar-refractivity contribution < 1.29 is 14.2 Å². The molecule has 0 saturated heterocycles. The van der Waals surface area contributed by atoms with Crippen LogP contribution in [0.15, 0.2) is 23.2 Å². The number of hydrogen-bond donors (Lipinski definition) is 2. The van der Waals surface area contributed by atoms with Crippen molar-refractivity contribution >= 4 is 11.6 Å². The van der Waals surface area contributed by atoms with Gasteiger partial charge in [-0.2, -0.15) is 0 Å². The third-order valence-electron chi connectivity index (χ3n) is 3.45. The summed E-state index contributed by atoms with van der Waals surface area (Å²) in [5.41, 5.74) is 6.63. The average molecular weight is 307 g/mol. The average Bonchev–Trinajstić information content (AvgIpc) is 3.34. The fourth-order valence-corrected chi connectivity index (χ4v) is 1.99. The summed E-state index contributed by atoms with van der Waals surface area (Å²) in [6, 6.07) is 5.47. The summed E-state index contributed by atoms with van der Waals surface area (Å²) in [7, 11) is 3.22. The van der Waals surface area contributed by atoms with Gasteiger partial charge in [0.25, 0.3) is 0 Å². The van der Waals surface area contributed by atoms with E-state index in [9.17, 15) is 0 Å². The number of nitrogens with two attached hydrogens (primary N) is 1. The van der Waals surface area contributed by atoms with Crippen molar-refractivity contribution in [1.29, 1.82) is 0 Å². The van der Waals surface area contributed by atoms with E-state index < -0.39 is 0 Å². The Balaban J connectivity index is 1.76. The zero-order chi connectivity index (χ0) is 15.8. The van der Waals surface area contributed by atoms with Gasteiger partial charge in [-0.15, -0.1) is 0 Å². The van der Waals surface area contributed by atoms with E-state index in [1.165, 1.54) is 12.8 Å². The molecular weight excluding hydrogens is 282 g/mol. The molecule has 6 heteroatoms. The lowest BCUT2D eigenvalue weighted by Crippen LogP contribution is -2.23. The summed E-state index contributed by atoms with van der Waals surface area (Å²) < 4.78 is 16.0. The van der Waals surface area contributed by atoms with Crippen molar-refractivity contribution in [3.63, 3.8) is 0 Å². The lowest BCUT2D eigenvalue weighted by molar-refractivity contribution is 0.123. The third kappa shape index (κ3) is 5.44. The van der Waals surface area contributed by atoms with Crippen LogP contribution in [-0.2, 0) is 4.74 Å². The van der Waals surface area contributed by atoms with Crippen LogP contribution in [0.2, 0.25) is 0 Å². The Morgan fingerprint density at radius 3 is 2.82 bits per heavy atom. The molecule has 1 fully saturated rings. The van der Waals surface area contributed by atoms with Crippen LogP contribution in [0, 0.1) is 5.92 Å². The second kappa shape index (κ2) is 8.48. The van der Waals surface area contributed by atoms with Gasteiger partial charge in [0.1, 0.15) is 11.5 Å². The van der Waals surface area contributed by atoms with Crippen molar-refractivity contribution in [3.05, 3.63) is 18.2 Å². The summed E-state index contributed by atoms with van der Waals surface area (Å²) in [6.45, 7) is 2.25. The maximum absolute atomic E-state index is 5.90. The van der Waals surface area contributed by atoms with Crippen LogP contribution < -0.4 is 20.5 Å². The normalized spacial score (nSPS) is 14.7. The molecule has 0 spiro atoms. The number of methoxy groups -OCH3 is 2. The van der Waals surface area contributed by atoms with Gasteiger partial charge in [0.15, 0.2) is 5.96 Å². The highest BCUT2D eigenvalue weighted by molar-refractivity contribution is 5.93. The Labute approximate surface area is 131 Å². The highest BCUT2D eigenvalue weighted by Gasteiger charge is 2.20. The third-order valence-corrected chi connectivity index (χ3v) is 3.45. The van der Waals surface area contributed by atoms with Gasteiger partial charge in [-0.05, 0) is 37.3 Å². The topological polar surface area (TPSA) is 78.1 Å². The second-order valence-electron chi connectivity index (χ2n) is 5.33. The van der Waals surface area contributed by atoms with Crippen LogP contribution in [0.4, 0.5) is 5.69 Å². The van der Waals surface area contributed by atoms with Gasteiger partial charge in [-0.25, -0.2) is 0 Å². The summed E-state index contributed by atoms with van der Waals surface area (Å²) in [5.74, 6) is 2.57. The number of benzene rings is 1. The molecule has 22 heavy (non-hydrogen) atoms. The number of rotatable bonds is 9. The summed E-state index contributed by atoms with van der Waals surface area (Å²) in [5, 5.41) is 3.04. The minimum absolute atomic E-state index is 0.355. The smallest absolute Gasteiger partial charge is 0.193 e. The number of ether oxygens (including phenoxy) is 3. The predicted molar refractivity (Wildman–Crippen MR) is 87.8 cm³/mol. The summed E-state index contributed by atoms with van der Waals surface area (Å²) >= 11 is 0.